The summed E-state index contributed by atoms with van der Waals surface area (Å²) in [5.74, 6) is -3.36. The first-order valence-corrected chi connectivity index (χ1v) is 12.2. The molecule has 1 aliphatic heterocycles. The zero-order chi connectivity index (χ0) is 24.8. The fourth-order valence-corrected chi connectivity index (χ4v) is 5.94. The highest BCUT2D eigenvalue weighted by Crippen LogP contribution is 2.49. The molecule has 2 unspecified atom stereocenters. The minimum Gasteiger partial charge on any atom is -0.368 e. The SMILES string of the molecule is C=O.CC(C)c1nn(C(C(N)=O)[C@@H]2CCCN(CC3CC3(F)F)C2)c(=O)c2cc3ccsc3n12. The number of likely N-dealkylation sites (tertiary alicyclic amines) is 1. The van der Waals surface area contributed by atoms with E-state index in [1.165, 1.54) is 16.0 Å². The predicted molar refractivity (Wildman–Crippen MR) is 126 cm³/mol. The van der Waals surface area contributed by atoms with Crippen molar-refractivity contribution in [3.05, 3.63) is 33.7 Å². The number of halogens is 2. The molecular formula is C23H29F2N5O3S. The lowest BCUT2D eigenvalue weighted by Gasteiger charge is -2.36. The van der Waals surface area contributed by atoms with Gasteiger partial charge in [-0.05, 0) is 36.9 Å². The number of amides is 1. The molecule has 8 nitrogen and oxygen atoms in total. The number of nitrogens with zero attached hydrogens (tertiary/aromatic N) is 4. The normalized spacial score (nSPS) is 23.1. The molecule has 2 aliphatic rings. The molecule has 3 aromatic rings. The topological polar surface area (TPSA) is 103 Å². The maximum Gasteiger partial charge on any atom is 0.291 e. The Kier molecular flexibility index (Phi) is 6.61. The Morgan fingerprint density at radius 1 is 1.38 bits per heavy atom. The molecule has 3 aromatic heterocycles. The van der Waals surface area contributed by atoms with Gasteiger partial charge in [0.25, 0.3) is 11.5 Å². The van der Waals surface area contributed by atoms with Gasteiger partial charge in [0, 0.05) is 42.7 Å². The molecule has 2 N–H and O–H groups in total. The molecular weight excluding hydrogens is 464 g/mol. The van der Waals surface area contributed by atoms with Crippen molar-refractivity contribution in [3.63, 3.8) is 0 Å². The summed E-state index contributed by atoms with van der Waals surface area (Å²) in [5, 5.41) is 7.58. The number of primary amides is 1. The summed E-state index contributed by atoms with van der Waals surface area (Å²) < 4.78 is 30.0. The summed E-state index contributed by atoms with van der Waals surface area (Å²) in [4.78, 5) is 37.0. The number of carbonyl (C=O) groups excluding carboxylic acids is 2. The van der Waals surface area contributed by atoms with Crippen LogP contribution < -0.4 is 11.3 Å². The molecule has 1 saturated heterocycles. The number of aromatic nitrogens is 3. The van der Waals surface area contributed by atoms with Gasteiger partial charge in [0.2, 0.25) is 5.91 Å². The van der Waals surface area contributed by atoms with Gasteiger partial charge < -0.3 is 15.4 Å². The number of thiophene rings is 1. The molecule has 1 aliphatic carbocycles. The van der Waals surface area contributed by atoms with Gasteiger partial charge in [-0.15, -0.1) is 11.3 Å². The molecule has 3 atom stereocenters. The van der Waals surface area contributed by atoms with E-state index in [4.69, 9.17) is 10.5 Å². The largest absolute Gasteiger partial charge is 0.368 e. The molecule has 0 spiro atoms. The molecule has 1 saturated carbocycles. The molecule has 5 rings (SSSR count). The van der Waals surface area contributed by atoms with Crippen LogP contribution >= 0.6 is 11.3 Å². The lowest BCUT2D eigenvalue weighted by Crippen LogP contribution is -2.47. The number of piperidine rings is 1. The van der Waals surface area contributed by atoms with E-state index in [-0.39, 0.29) is 23.8 Å². The Morgan fingerprint density at radius 2 is 2.09 bits per heavy atom. The summed E-state index contributed by atoms with van der Waals surface area (Å²) in [6.45, 7) is 7.46. The van der Waals surface area contributed by atoms with Crippen molar-refractivity contribution in [3.8, 4) is 0 Å². The van der Waals surface area contributed by atoms with Gasteiger partial charge in [-0.25, -0.2) is 13.5 Å². The first kappa shape index (κ1) is 24.5. The van der Waals surface area contributed by atoms with Crippen LogP contribution in [0.3, 0.4) is 0 Å². The summed E-state index contributed by atoms with van der Waals surface area (Å²) in [5.41, 5.74) is 5.93. The highest BCUT2D eigenvalue weighted by atomic mass is 32.1. The third-order valence-electron chi connectivity index (χ3n) is 6.77. The standard InChI is InChI=1S/C22H27F2N5O2S.CH2O/c1-12(2)19-26-29(20(31)16-8-13-5-7-32-21(13)28(16)19)17(18(25)30)14-4-3-6-27(10-14)11-15-9-22(15,23)24;1-2/h5,7-8,12,14-15,17H,3-4,6,9-11H2,1-2H3,(H2,25,30);1H2/t14-,15?,17?;/m1./s1. The van der Waals surface area contributed by atoms with Crippen LogP contribution in [0.15, 0.2) is 22.3 Å². The quantitative estimate of drug-likeness (QED) is 0.569. The molecule has 11 heteroatoms. The average Bonchev–Trinajstić information content (AvgIpc) is 3.11. The molecule has 1 amide bonds. The van der Waals surface area contributed by atoms with Crippen LogP contribution in [-0.4, -0.2) is 57.3 Å². The molecule has 4 heterocycles. The van der Waals surface area contributed by atoms with E-state index in [0.29, 0.717) is 37.4 Å². The van der Waals surface area contributed by atoms with Gasteiger partial charge in [-0.1, -0.05) is 13.8 Å². The maximum atomic E-state index is 13.5. The van der Waals surface area contributed by atoms with E-state index in [1.807, 2.05) is 47.4 Å². The second-order valence-corrected chi connectivity index (χ2v) is 10.4. The lowest BCUT2D eigenvalue weighted by molar-refractivity contribution is -0.124. The predicted octanol–water partition coefficient (Wildman–Crippen LogP) is 3.04. The second-order valence-electron chi connectivity index (χ2n) is 9.48. The summed E-state index contributed by atoms with van der Waals surface area (Å²) in [7, 11) is 0. The molecule has 184 valence electrons. The Bertz CT molecular complexity index is 1270. The smallest absolute Gasteiger partial charge is 0.291 e. The van der Waals surface area contributed by atoms with Crippen molar-refractivity contribution in [2.24, 2.45) is 17.6 Å². The van der Waals surface area contributed by atoms with Gasteiger partial charge >= 0.3 is 0 Å². The highest BCUT2D eigenvalue weighted by Gasteiger charge is 2.57. The Morgan fingerprint density at radius 3 is 2.71 bits per heavy atom. The molecule has 2 fully saturated rings. The number of nitrogens with two attached hydrogens (primary N) is 1. The van der Waals surface area contributed by atoms with E-state index in [2.05, 4.69) is 5.10 Å². The monoisotopic (exact) mass is 493 g/mol. The van der Waals surface area contributed by atoms with E-state index in [0.717, 1.165) is 16.6 Å². The zero-order valence-corrected chi connectivity index (χ0v) is 20.1. The molecule has 0 aromatic carbocycles. The van der Waals surface area contributed by atoms with Gasteiger partial charge in [0.15, 0.2) is 0 Å². The maximum absolute atomic E-state index is 13.5. The van der Waals surface area contributed by atoms with Gasteiger partial charge in [-0.3, -0.25) is 14.0 Å². The van der Waals surface area contributed by atoms with Crippen molar-refractivity contribution in [2.45, 2.75) is 51.0 Å². The van der Waals surface area contributed by atoms with E-state index < -0.39 is 23.8 Å². The number of fused-ring (bicyclic) bond motifs is 3. The van der Waals surface area contributed by atoms with Crippen molar-refractivity contribution in [2.75, 3.05) is 19.6 Å². The van der Waals surface area contributed by atoms with Crippen molar-refractivity contribution < 1.29 is 18.4 Å². The fraction of sp³-hybridized carbons (Fsp3) is 0.565. The van der Waals surface area contributed by atoms with E-state index in [1.54, 1.807) is 0 Å². The Balaban J connectivity index is 0.00000133. The van der Waals surface area contributed by atoms with Crippen LogP contribution in [0.2, 0.25) is 0 Å². The number of alkyl halides is 2. The van der Waals surface area contributed by atoms with Gasteiger partial charge in [-0.2, -0.15) is 5.10 Å². The van der Waals surface area contributed by atoms with Crippen molar-refractivity contribution in [1.82, 2.24) is 19.1 Å². The van der Waals surface area contributed by atoms with E-state index in [9.17, 15) is 18.4 Å². The van der Waals surface area contributed by atoms with Crippen LogP contribution in [0.5, 0.6) is 0 Å². The minimum atomic E-state index is -2.58. The minimum absolute atomic E-state index is 0.00975. The number of carbonyl (C=O) groups is 2. The lowest BCUT2D eigenvalue weighted by atomic mass is 9.90. The third-order valence-corrected chi connectivity index (χ3v) is 7.68. The van der Waals surface area contributed by atoms with Crippen molar-refractivity contribution >= 4 is 39.8 Å². The van der Waals surface area contributed by atoms with E-state index >= 15 is 0 Å². The first-order valence-electron chi connectivity index (χ1n) is 11.4. The van der Waals surface area contributed by atoms with Crippen LogP contribution in [-0.2, 0) is 9.59 Å². The van der Waals surface area contributed by atoms with Crippen molar-refractivity contribution in [1.29, 1.82) is 0 Å². The van der Waals surface area contributed by atoms with Gasteiger partial charge in [0.1, 0.15) is 29.0 Å². The molecule has 0 bridgehead atoms. The van der Waals surface area contributed by atoms with Crippen LogP contribution in [0, 0.1) is 11.8 Å². The average molecular weight is 494 g/mol. The summed E-state index contributed by atoms with van der Waals surface area (Å²) in [6.07, 6.45) is 1.38. The number of hydrogen-bond donors (Lipinski definition) is 1. The van der Waals surface area contributed by atoms with Crippen LogP contribution in [0.25, 0.3) is 15.7 Å². The Labute approximate surface area is 199 Å². The fourth-order valence-electron chi connectivity index (χ4n) is 5.04. The van der Waals surface area contributed by atoms with Gasteiger partial charge in [0.05, 0.1) is 0 Å². The number of hydrogen-bond acceptors (Lipinski definition) is 6. The summed E-state index contributed by atoms with van der Waals surface area (Å²) in [6, 6.07) is 2.87. The summed E-state index contributed by atoms with van der Waals surface area (Å²) >= 11 is 1.54. The molecule has 0 radical (unpaired) electrons. The third kappa shape index (κ3) is 4.26. The van der Waals surface area contributed by atoms with Crippen LogP contribution in [0.1, 0.15) is 50.9 Å². The zero-order valence-electron chi connectivity index (χ0n) is 19.2. The first-order chi connectivity index (χ1) is 16.2. The Hall–Kier alpha value is -2.66. The molecule has 34 heavy (non-hydrogen) atoms. The van der Waals surface area contributed by atoms with Crippen LogP contribution in [0.4, 0.5) is 8.78 Å². The number of rotatable bonds is 6. The second kappa shape index (κ2) is 9.18. The highest BCUT2D eigenvalue weighted by molar-refractivity contribution is 7.16.